The summed E-state index contributed by atoms with van der Waals surface area (Å²) in [5.41, 5.74) is 0. The van der Waals surface area contributed by atoms with E-state index in [1.807, 2.05) is 0 Å². The van der Waals surface area contributed by atoms with Gasteiger partial charge in [0.05, 0.1) is 26.4 Å². The Labute approximate surface area is 243 Å². The number of ether oxygens (including phenoxy) is 7. The van der Waals surface area contributed by atoms with Crippen LogP contribution >= 0.6 is 0 Å². The molecule has 20 nitrogen and oxygen atoms in total. The summed E-state index contributed by atoms with van der Waals surface area (Å²) >= 11 is 0. The van der Waals surface area contributed by atoms with Crippen LogP contribution in [0.25, 0.3) is 0 Å². The quantitative estimate of drug-likeness (QED) is 0.112. The number of rotatable bonds is 9. The average molecular weight is 637 g/mol. The summed E-state index contributed by atoms with van der Waals surface area (Å²) in [5.74, 6) is 0. The van der Waals surface area contributed by atoms with E-state index in [0.29, 0.717) is 0 Å². The number of aliphatic hydroxyl groups is 13. The molecule has 13 N–H and O–H groups in total. The van der Waals surface area contributed by atoms with Crippen LogP contribution in [0.1, 0.15) is 0 Å². The second kappa shape index (κ2) is 14.7. The maximum absolute atomic E-state index is 10.8. The average Bonchev–Trinajstić information content (AvgIpc) is 3.00. The molecular formula is C23H40O20. The fraction of sp³-hybridized carbons (Fsp3) is 1.00. The monoisotopic (exact) mass is 636 g/mol. The van der Waals surface area contributed by atoms with E-state index in [-0.39, 0.29) is 0 Å². The normalized spacial score (nSPS) is 53.1. The van der Waals surface area contributed by atoms with Crippen LogP contribution in [0, 0.1) is 0 Å². The van der Waals surface area contributed by atoms with Gasteiger partial charge in [-0.2, -0.15) is 0 Å². The molecule has 4 fully saturated rings. The molecule has 0 radical (unpaired) electrons. The van der Waals surface area contributed by atoms with E-state index in [0.717, 1.165) is 0 Å². The Balaban J connectivity index is 1.41. The van der Waals surface area contributed by atoms with Gasteiger partial charge in [-0.05, 0) is 0 Å². The minimum atomic E-state index is -1.99. The molecule has 0 aromatic carbocycles. The highest BCUT2D eigenvalue weighted by molar-refractivity contribution is 4.97. The van der Waals surface area contributed by atoms with Gasteiger partial charge in [-0.1, -0.05) is 0 Å². The van der Waals surface area contributed by atoms with E-state index in [4.69, 9.17) is 33.2 Å². The van der Waals surface area contributed by atoms with Gasteiger partial charge in [-0.15, -0.1) is 0 Å². The predicted octanol–water partition coefficient (Wildman–Crippen LogP) is -9.11. The summed E-state index contributed by atoms with van der Waals surface area (Å²) in [5, 5.41) is 132. The maximum atomic E-state index is 10.8. The first-order valence-corrected chi connectivity index (χ1v) is 13.5. The molecule has 4 saturated heterocycles. The summed E-state index contributed by atoms with van der Waals surface area (Å²) in [6.07, 6.45) is -32.5. The van der Waals surface area contributed by atoms with Gasteiger partial charge in [0.25, 0.3) is 0 Å². The van der Waals surface area contributed by atoms with E-state index >= 15 is 0 Å². The number of aliphatic hydroxyl groups excluding tert-OH is 13. The van der Waals surface area contributed by atoms with Crippen molar-refractivity contribution in [3.05, 3.63) is 0 Å². The van der Waals surface area contributed by atoms with Crippen molar-refractivity contribution >= 4 is 0 Å². The van der Waals surface area contributed by atoms with Gasteiger partial charge in [-0.3, -0.25) is 0 Å². The SMILES string of the molecule is OC[C@@H]1O[C@H](O[C@H]2[C@@H](O)[C@@H](O)[C@H](O[C@H]3[C@@H](O)[C@@H](O)[C@H](O[C@@H]4CO[C@@H](O)[C@H](O)[C@@H]4O)O[C@H]3CO)O[C@H]2CO)[C@@H](O)[C@H](O)[C@H]1O. The van der Waals surface area contributed by atoms with Crippen molar-refractivity contribution in [3.8, 4) is 0 Å². The first kappa shape index (κ1) is 35.1. The molecule has 19 atom stereocenters. The van der Waals surface area contributed by atoms with Crippen molar-refractivity contribution in [1.29, 1.82) is 0 Å². The maximum Gasteiger partial charge on any atom is 0.187 e. The highest BCUT2D eigenvalue weighted by atomic mass is 16.8. The summed E-state index contributed by atoms with van der Waals surface area (Å²) < 4.78 is 37.5. The summed E-state index contributed by atoms with van der Waals surface area (Å²) in [6, 6.07) is 0. The third-order valence-corrected chi connectivity index (χ3v) is 7.84. The third-order valence-electron chi connectivity index (χ3n) is 7.84. The van der Waals surface area contributed by atoms with Gasteiger partial charge >= 0.3 is 0 Å². The van der Waals surface area contributed by atoms with Gasteiger partial charge in [0.1, 0.15) is 91.6 Å². The fourth-order valence-corrected chi connectivity index (χ4v) is 5.23. The third kappa shape index (κ3) is 7.13. The minimum Gasteiger partial charge on any atom is -0.394 e. The molecule has 252 valence electrons. The molecule has 0 unspecified atom stereocenters. The largest absolute Gasteiger partial charge is 0.394 e. The lowest BCUT2D eigenvalue weighted by Crippen LogP contribution is -2.67. The molecule has 0 aromatic rings. The van der Waals surface area contributed by atoms with Crippen molar-refractivity contribution in [2.24, 2.45) is 0 Å². The topological polar surface area (TPSA) is 328 Å². The molecule has 0 amide bonds. The second-order valence-corrected chi connectivity index (χ2v) is 10.7. The summed E-state index contributed by atoms with van der Waals surface area (Å²) in [6.45, 7) is -2.92. The zero-order valence-corrected chi connectivity index (χ0v) is 22.5. The lowest BCUT2D eigenvalue weighted by Gasteiger charge is -2.48. The van der Waals surface area contributed by atoms with Gasteiger partial charge in [0.2, 0.25) is 0 Å². The van der Waals surface area contributed by atoms with Crippen LogP contribution in [-0.2, 0) is 33.2 Å². The molecule has 20 heteroatoms. The Morgan fingerprint density at radius 2 is 0.860 bits per heavy atom. The molecule has 0 aliphatic carbocycles. The molecule has 4 heterocycles. The first-order chi connectivity index (χ1) is 20.3. The van der Waals surface area contributed by atoms with Crippen LogP contribution < -0.4 is 0 Å². The molecule has 4 aliphatic heterocycles. The Morgan fingerprint density at radius 1 is 0.442 bits per heavy atom. The van der Waals surface area contributed by atoms with Crippen molar-refractivity contribution in [3.63, 3.8) is 0 Å². The van der Waals surface area contributed by atoms with Crippen LogP contribution in [0.15, 0.2) is 0 Å². The van der Waals surface area contributed by atoms with E-state index in [9.17, 15) is 66.4 Å². The van der Waals surface area contributed by atoms with E-state index in [2.05, 4.69) is 0 Å². The van der Waals surface area contributed by atoms with Crippen LogP contribution in [0.2, 0.25) is 0 Å². The zero-order valence-electron chi connectivity index (χ0n) is 22.5. The van der Waals surface area contributed by atoms with Gasteiger partial charge in [0, 0.05) is 0 Å². The lowest BCUT2D eigenvalue weighted by molar-refractivity contribution is -0.384. The van der Waals surface area contributed by atoms with Crippen molar-refractivity contribution in [2.75, 3.05) is 26.4 Å². The standard InChI is InChI=1S/C23H40O20/c24-1-5-9(27)11(29)15(33)22(38-5)42-19-7(3-26)40-23(17(35)13(19)31)43-18-6(2-25)39-21(16(34)12(18)30)41-8-4-37-20(36)14(32)10(8)28/h5-36H,1-4H2/t5-,6-,7-,8+,9-,10+,11+,12-,13-,14+,15-,16+,17+,18+,19+,20+,21-,22+,23-/m0/s1. The number of hydrogen-bond acceptors (Lipinski definition) is 20. The van der Waals surface area contributed by atoms with E-state index < -0.39 is 143 Å². The summed E-state index contributed by atoms with van der Waals surface area (Å²) in [7, 11) is 0. The second-order valence-electron chi connectivity index (χ2n) is 10.7. The first-order valence-electron chi connectivity index (χ1n) is 13.5. The molecule has 0 aromatic heterocycles. The van der Waals surface area contributed by atoms with Gasteiger partial charge < -0.3 is 99.5 Å². The molecular weight excluding hydrogens is 596 g/mol. The van der Waals surface area contributed by atoms with Crippen LogP contribution in [0.5, 0.6) is 0 Å². The fourth-order valence-electron chi connectivity index (χ4n) is 5.23. The van der Waals surface area contributed by atoms with Crippen molar-refractivity contribution in [1.82, 2.24) is 0 Å². The highest BCUT2D eigenvalue weighted by Gasteiger charge is 2.54. The Kier molecular flexibility index (Phi) is 12.0. The van der Waals surface area contributed by atoms with Crippen molar-refractivity contribution < 1.29 is 99.5 Å². The molecule has 0 saturated carbocycles. The Bertz CT molecular complexity index is 865. The van der Waals surface area contributed by atoms with Crippen LogP contribution in [-0.4, -0.2) is 210 Å². The zero-order chi connectivity index (χ0) is 31.7. The number of hydrogen-bond donors (Lipinski definition) is 13. The molecule has 43 heavy (non-hydrogen) atoms. The highest BCUT2D eigenvalue weighted by Crippen LogP contribution is 2.33. The molecule has 0 spiro atoms. The van der Waals surface area contributed by atoms with E-state index in [1.165, 1.54) is 0 Å². The van der Waals surface area contributed by atoms with E-state index in [1.54, 1.807) is 0 Å². The van der Waals surface area contributed by atoms with Gasteiger partial charge in [0.15, 0.2) is 25.2 Å². The van der Waals surface area contributed by atoms with Crippen LogP contribution in [0.3, 0.4) is 0 Å². The van der Waals surface area contributed by atoms with Gasteiger partial charge in [-0.25, -0.2) is 0 Å². The predicted molar refractivity (Wildman–Crippen MR) is 128 cm³/mol. The molecule has 0 bridgehead atoms. The Morgan fingerprint density at radius 3 is 1.33 bits per heavy atom. The lowest BCUT2D eigenvalue weighted by atomic mass is 9.96. The van der Waals surface area contributed by atoms with Crippen molar-refractivity contribution in [2.45, 2.75) is 117 Å². The molecule has 4 rings (SSSR count). The Hall–Kier alpha value is -0.800. The summed E-state index contributed by atoms with van der Waals surface area (Å²) in [4.78, 5) is 0. The minimum absolute atomic E-state index is 0.430. The van der Waals surface area contributed by atoms with Crippen LogP contribution in [0.4, 0.5) is 0 Å². The smallest absolute Gasteiger partial charge is 0.187 e. The molecule has 4 aliphatic rings.